The van der Waals surface area contributed by atoms with E-state index in [1.165, 1.54) is 11.1 Å². The molecule has 0 aromatic heterocycles. The summed E-state index contributed by atoms with van der Waals surface area (Å²) >= 11 is 1.96. The van der Waals surface area contributed by atoms with Crippen molar-refractivity contribution in [3.8, 4) is 0 Å². The molecule has 1 aromatic carbocycles. The van der Waals surface area contributed by atoms with Crippen LogP contribution in [0.25, 0.3) is 0 Å². The van der Waals surface area contributed by atoms with Crippen LogP contribution in [0.3, 0.4) is 0 Å². The minimum Gasteiger partial charge on any atom is -0.328 e. The van der Waals surface area contributed by atoms with Crippen molar-refractivity contribution in [1.29, 1.82) is 0 Å². The third-order valence-corrected chi connectivity index (χ3v) is 3.17. The van der Waals surface area contributed by atoms with Crippen molar-refractivity contribution in [2.24, 2.45) is 5.73 Å². The second kappa shape index (κ2) is 6.10. The normalized spacial score (nSPS) is 12.8. The van der Waals surface area contributed by atoms with E-state index in [9.17, 15) is 0 Å². The Morgan fingerprint density at radius 1 is 1.29 bits per heavy atom. The molecule has 0 fully saturated rings. The Hall–Kier alpha value is -0.470. The smallest absolute Gasteiger partial charge is 0.0184 e. The van der Waals surface area contributed by atoms with Crippen LogP contribution in [0.1, 0.15) is 24.5 Å². The molecule has 2 N–H and O–H groups in total. The summed E-state index contributed by atoms with van der Waals surface area (Å²) in [4.78, 5) is 0. The maximum Gasteiger partial charge on any atom is 0.0184 e. The maximum atomic E-state index is 5.68. The van der Waals surface area contributed by atoms with Gasteiger partial charge < -0.3 is 5.73 Å². The van der Waals surface area contributed by atoms with Crippen LogP contribution in [-0.2, 0) is 5.75 Å². The van der Waals surface area contributed by atoms with Gasteiger partial charge in [-0.1, -0.05) is 29.8 Å². The average molecular weight is 209 g/mol. The van der Waals surface area contributed by atoms with Gasteiger partial charge in [0.1, 0.15) is 0 Å². The van der Waals surface area contributed by atoms with Crippen LogP contribution in [0.15, 0.2) is 24.3 Å². The molecule has 1 unspecified atom stereocenters. The third kappa shape index (κ3) is 4.68. The van der Waals surface area contributed by atoms with Crippen molar-refractivity contribution in [2.75, 3.05) is 5.75 Å². The lowest BCUT2D eigenvalue weighted by Gasteiger charge is -2.04. The lowest BCUT2D eigenvalue weighted by atomic mass is 10.2. The molecular weight excluding hydrogens is 190 g/mol. The van der Waals surface area contributed by atoms with E-state index in [0.717, 1.165) is 17.9 Å². The molecule has 0 spiro atoms. The van der Waals surface area contributed by atoms with E-state index >= 15 is 0 Å². The highest BCUT2D eigenvalue weighted by Crippen LogP contribution is 2.14. The highest BCUT2D eigenvalue weighted by atomic mass is 32.2. The zero-order valence-corrected chi connectivity index (χ0v) is 9.81. The predicted octanol–water partition coefficient (Wildman–Crippen LogP) is 2.97. The van der Waals surface area contributed by atoms with Gasteiger partial charge in [0.15, 0.2) is 0 Å². The fourth-order valence-corrected chi connectivity index (χ4v) is 2.25. The van der Waals surface area contributed by atoms with Crippen molar-refractivity contribution in [3.63, 3.8) is 0 Å². The molecule has 1 atom stereocenters. The van der Waals surface area contributed by atoms with Gasteiger partial charge in [-0.2, -0.15) is 11.8 Å². The van der Waals surface area contributed by atoms with Gasteiger partial charge in [0.05, 0.1) is 0 Å². The Labute approximate surface area is 91.1 Å². The first-order chi connectivity index (χ1) is 6.68. The van der Waals surface area contributed by atoms with E-state index < -0.39 is 0 Å². The Morgan fingerprint density at radius 2 is 1.93 bits per heavy atom. The van der Waals surface area contributed by atoms with Gasteiger partial charge in [0, 0.05) is 11.8 Å². The molecule has 0 radical (unpaired) electrons. The SMILES string of the molecule is Cc1ccc(CSCCC(C)N)cc1. The van der Waals surface area contributed by atoms with Gasteiger partial charge >= 0.3 is 0 Å². The number of benzene rings is 1. The Kier molecular flexibility index (Phi) is 5.05. The third-order valence-electron chi connectivity index (χ3n) is 2.11. The molecule has 0 aliphatic heterocycles. The molecule has 0 aliphatic carbocycles. The standard InChI is InChI=1S/C12H19NS/c1-10-3-5-12(6-4-10)9-14-8-7-11(2)13/h3-6,11H,7-9,13H2,1-2H3. The van der Waals surface area contributed by atoms with E-state index in [-0.39, 0.29) is 0 Å². The summed E-state index contributed by atoms with van der Waals surface area (Å²) in [6, 6.07) is 9.08. The summed E-state index contributed by atoms with van der Waals surface area (Å²) < 4.78 is 0. The molecular formula is C12H19NS. The summed E-state index contributed by atoms with van der Waals surface area (Å²) in [6.07, 6.45) is 1.11. The summed E-state index contributed by atoms with van der Waals surface area (Å²) in [6.45, 7) is 4.18. The number of nitrogens with two attached hydrogens (primary N) is 1. The van der Waals surface area contributed by atoms with Crippen LogP contribution >= 0.6 is 11.8 Å². The van der Waals surface area contributed by atoms with Gasteiger partial charge in [-0.3, -0.25) is 0 Å². The molecule has 0 heterocycles. The lowest BCUT2D eigenvalue weighted by Crippen LogP contribution is -2.15. The van der Waals surface area contributed by atoms with Crippen LogP contribution < -0.4 is 5.73 Å². The van der Waals surface area contributed by atoms with Crippen molar-refractivity contribution in [3.05, 3.63) is 35.4 Å². The minimum absolute atomic E-state index is 0.334. The second-order valence-electron chi connectivity index (χ2n) is 3.80. The van der Waals surface area contributed by atoms with Gasteiger partial charge in [-0.05, 0) is 31.6 Å². The topological polar surface area (TPSA) is 26.0 Å². The molecule has 0 bridgehead atoms. The van der Waals surface area contributed by atoms with E-state index in [0.29, 0.717) is 6.04 Å². The lowest BCUT2D eigenvalue weighted by molar-refractivity contribution is 0.721. The van der Waals surface area contributed by atoms with E-state index in [1.807, 2.05) is 11.8 Å². The molecule has 0 amide bonds. The number of thioether (sulfide) groups is 1. The monoisotopic (exact) mass is 209 g/mol. The van der Waals surface area contributed by atoms with Crippen molar-refractivity contribution >= 4 is 11.8 Å². The highest BCUT2D eigenvalue weighted by molar-refractivity contribution is 7.98. The molecule has 1 rings (SSSR count). The zero-order valence-electron chi connectivity index (χ0n) is 8.99. The average Bonchev–Trinajstić information content (AvgIpc) is 2.15. The first-order valence-corrected chi connectivity index (χ1v) is 6.23. The fraction of sp³-hybridized carbons (Fsp3) is 0.500. The molecule has 1 aromatic rings. The summed E-state index contributed by atoms with van der Waals surface area (Å²) in [5.74, 6) is 2.26. The quantitative estimate of drug-likeness (QED) is 0.755. The van der Waals surface area contributed by atoms with Crippen LogP contribution in [0.2, 0.25) is 0 Å². The number of aryl methyl sites for hydroxylation is 1. The largest absolute Gasteiger partial charge is 0.328 e. The van der Waals surface area contributed by atoms with E-state index in [2.05, 4.69) is 38.1 Å². The van der Waals surface area contributed by atoms with E-state index in [4.69, 9.17) is 5.73 Å². The van der Waals surface area contributed by atoms with Crippen molar-refractivity contribution < 1.29 is 0 Å². The molecule has 0 saturated heterocycles. The van der Waals surface area contributed by atoms with Gasteiger partial charge in [-0.15, -0.1) is 0 Å². The second-order valence-corrected chi connectivity index (χ2v) is 4.91. The summed E-state index contributed by atoms with van der Waals surface area (Å²) in [7, 11) is 0. The number of rotatable bonds is 5. The van der Waals surface area contributed by atoms with Crippen LogP contribution in [0.4, 0.5) is 0 Å². The summed E-state index contributed by atoms with van der Waals surface area (Å²) in [5, 5.41) is 0. The Morgan fingerprint density at radius 3 is 2.50 bits per heavy atom. The molecule has 14 heavy (non-hydrogen) atoms. The minimum atomic E-state index is 0.334. The maximum absolute atomic E-state index is 5.68. The fourth-order valence-electron chi connectivity index (χ4n) is 1.14. The molecule has 0 aliphatic rings. The predicted molar refractivity (Wildman–Crippen MR) is 65.6 cm³/mol. The highest BCUT2D eigenvalue weighted by Gasteiger charge is 1.96. The van der Waals surface area contributed by atoms with Crippen molar-refractivity contribution in [2.45, 2.75) is 32.1 Å². The number of hydrogen-bond acceptors (Lipinski definition) is 2. The van der Waals surface area contributed by atoms with Crippen molar-refractivity contribution in [1.82, 2.24) is 0 Å². The van der Waals surface area contributed by atoms with Gasteiger partial charge in [0.2, 0.25) is 0 Å². The Bertz CT molecular complexity index is 254. The van der Waals surface area contributed by atoms with Crippen LogP contribution in [0, 0.1) is 6.92 Å². The summed E-state index contributed by atoms with van der Waals surface area (Å²) in [5.41, 5.74) is 8.41. The van der Waals surface area contributed by atoms with Gasteiger partial charge in [0.25, 0.3) is 0 Å². The Balaban J connectivity index is 2.21. The van der Waals surface area contributed by atoms with E-state index in [1.54, 1.807) is 0 Å². The number of hydrogen-bond donors (Lipinski definition) is 1. The van der Waals surface area contributed by atoms with Crippen LogP contribution in [-0.4, -0.2) is 11.8 Å². The first-order valence-electron chi connectivity index (χ1n) is 5.07. The molecule has 1 nitrogen and oxygen atoms in total. The zero-order chi connectivity index (χ0) is 10.4. The molecule has 78 valence electrons. The van der Waals surface area contributed by atoms with Gasteiger partial charge in [-0.25, -0.2) is 0 Å². The first kappa shape index (κ1) is 11.6. The van der Waals surface area contributed by atoms with Crippen LogP contribution in [0.5, 0.6) is 0 Å². The molecule has 2 heteroatoms. The molecule has 0 saturated carbocycles.